The van der Waals surface area contributed by atoms with Crippen molar-refractivity contribution in [3.63, 3.8) is 0 Å². The van der Waals surface area contributed by atoms with Gasteiger partial charge in [-0.3, -0.25) is 14.5 Å². The standard InChI is InChI=1S/C29H27Cl2NO5S/c1-4-35-25-15-21(14-23(31)27(25)37-17-20-7-9-22(30)10-8-20)16-26-28(33)32(29(34)38-26)11-12-36-24-13-18(2)5-6-19(24)3/h5-10,13-16H,4,11-12,17H2,1-3H3/b26-16-. The molecule has 9 heteroatoms. The average molecular weight is 573 g/mol. The number of thioether (sulfide) groups is 1. The van der Waals surface area contributed by atoms with Gasteiger partial charge in [0.05, 0.1) is 23.1 Å². The molecule has 3 aromatic carbocycles. The third-order valence-electron chi connectivity index (χ3n) is 5.72. The van der Waals surface area contributed by atoms with Gasteiger partial charge in [-0.15, -0.1) is 0 Å². The van der Waals surface area contributed by atoms with E-state index in [0.717, 1.165) is 34.2 Å². The molecule has 0 spiro atoms. The van der Waals surface area contributed by atoms with E-state index in [1.807, 2.05) is 51.1 Å². The Morgan fingerprint density at radius 3 is 2.42 bits per heavy atom. The van der Waals surface area contributed by atoms with Crippen molar-refractivity contribution in [2.45, 2.75) is 27.4 Å². The zero-order valence-corrected chi connectivity index (χ0v) is 23.6. The smallest absolute Gasteiger partial charge is 0.293 e. The Morgan fingerprint density at radius 2 is 1.68 bits per heavy atom. The molecule has 1 aliphatic heterocycles. The topological polar surface area (TPSA) is 65.1 Å². The van der Waals surface area contributed by atoms with Crippen LogP contribution in [0.4, 0.5) is 4.79 Å². The van der Waals surface area contributed by atoms with Crippen LogP contribution in [0.1, 0.15) is 29.2 Å². The minimum atomic E-state index is -0.373. The van der Waals surface area contributed by atoms with Crippen molar-refractivity contribution in [3.8, 4) is 17.2 Å². The van der Waals surface area contributed by atoms with Crippen molar-refractivity contribution in [1.82, 2.24) is 4.90 Å². The van der Waals surface area contributed by atoms with Gasteiger partial charge in [-0.25, -0.2) is 0 Å². The molecule has 2 amide bonds. The Bertz CT molecular complexity index is 1370. The van der Waals surface area contributed by atoms with Crippen molar-refractivity contribution in [1.29, 1.82) is 0 Å². The van der Waals surface area contributed by atoms with Crippen molar-refractivity contribution >= 4 is 52.2 Å². The van der Waals surface area contributed by atoms with Crippen LogP contribution >= 0.6 is 35.0 Å². The van der Waals surface area contributed by atoms with E-state index in [9.17, 15) is 9.59 Å². The number of halogens is 2. The lowest BCUT2D eigenvalue weighted by Crippen LogP contribution is -2.32. The summed E-state index contributed by atoms with van der Waals surface area (Å²) in [6.45, 7) is 6.82. The Kier molecular flexibility index (Phi) is 9.26. The Morgan fingerprint density at radius 1 is 0.921 bits per heavy atom. The van der Waals surface area contributed by atoms with E-state index in [1.165, 1.54) is 4.90 Å². The number of nitrogens with zero attached hydrogens (tertiary/aromatic N) is 1. The second kappa shape index (κ2) is 12.6. The molecule has 0 aromatic heterocycles. The van der Waals surface area contributed by atoms with E-state index >= 15 is 0 Å². The largest absolute Gasteiger partial charge is 0.491 e. The number of benzene rings is 3. The lowest BCUT2D eigenvalue weighted by molar-refractivity contribution is -0.123. The second-order valence-corrected chi connectivity index (χ2v) is 10.5. The van der Waals surface area contributed by atoms with Crippen LogP contribution in [-0.4, -0.2) is 35.8 Å². The molecule has 0 N–H and O–H groups in total. The van der Waals surface area contributed by atoms with Crippen molar-refractivity contribution in [3.05, 3.63) is 91.8 Å². The number of carbonyl (C=O) groups excluding carboxylic acids is 2. The maximum absolute atomic E-state index is 13.0. The fraction of sp³-hybridized carbons (Fsp3) is 0.241. The molecule has 0 saturated carbocycles. The highest BCUT2D eigenvalue weighted by Crippen LogP contribution is 2.39. The third kappa shape index (κ3) is 6.84. The number of imide groups is 1. The third-order valence-corrected chi connectivity index (χ3v) is 7.16. The maximum atomic E-state index is 13.0. The summed E-state index contributed by atoms with van der Waals surface area (Å²) in [7, 11) is 0. The summed E-state index contributed by atoms with van der Waals surface area (Å²) in [6.07, 6.45) is 1.63. The first kappa shape index (κ1) is 27.9. The molecule has 38 heavy (non-hydrogen) atoms. The monoisotopic (exact) mass is 571 g/mol. The first-order chi connectivity index (χ1) is 18.2. The second-order valence-electron chi connectivity index (χ2n) is 8.63. The van der Waals surface area contributed by atoms with Gasteiger partial charge < -0.3 is 14.2 Å². The minimum absolute atomic E-state index is 0.151. The van der Waals surface area contributed by atoms with Crippen LogP contribution in [0.3, 0.4) is 0 Å². The van der Waals surface area contributed by atoms with Crippen LogP contribution in [-0.2, 0) is 11.4 Å². The van der Waals surface area contributed by atoms with Gasteiger partial charge in [0.25, 0.3) is 11.1 Å². The normalized spacial score (nSPS) is 14.3. The molecule has 0 atom stereocenters. The Hall–Kier alpha value is -3.13. The van der Waals surface area contributed by atoms with Gasteiger partial charge in [0.2, 0.25) is 0 Å². The van der Waals surface area contributed by atoms with Gasteiger partial charge in [0.1, 0.15) is 19.0 Å². The van der Waals surface area contributed by atoms with Crippen LogP contribution in [0.15, 0.2) is 59.5 Å². The summed E-state index contributed by atoms with van der Waals surface area (Å²) in [5.74, 6) is 1.21. The molecule has 4 rings (SSSR count). The number of hydrogen-bond donors (Lipinski definition) is 0. The SMILES string of the molecule is CCOc1cc(/C=C2\SC(=O)N(CCOc3cc(C)ccc3C)C2=O)cc(Cl)c1OCc1ccc(Cl)cc1. The lowest BCUT2D eigenvalue weighted by atomic mass is 10.1. The predicted molar refractivity (Wildman–Crippen MR) is 152 cm³/mol. The molecule has 198 valence electrons. The fourth-order valence-corrected chi connectivity index (χ4v) is 5.03. The van der Waals surface area contributed by atoms with Gasteiger partial charge in [0.15, 0.2) is 11.5 Å². The van der Waals surface area contributed by atoms with Crippen molar-refractivity contribution in [2.24, 2.45) is 0 Å². The van der Waals surface area contributed by atoms with Crippen molar-refractivity contribution < 1.29 is 23.8 Å². The summed E-state index contributed by atoms with van der Waals surface area (Å²) in [4.78, 5) is 27.1. The van der Waals surface area contributed by atoms with Crippen LogP contribution in [0.25, 0.3) is 6.08 Å². The Balaban J connectivity index is 1.46. The van der Waals surface area contributed by atoms with Gasteiger partial charge in [-0.05, 0) is 91.2 Å². The number of amides is 2. The molecule has 0 radical (unpaired) electrons. The van der Waals surface area contributed by atoms with Crippen LogP contribution < -0.4 is 14.2 Å². The first-order valence-corrected chi connectivity index (χ1v) is 13.6. The molecule has 1 heterocycles. The molecular formula is C29H27Cl2NO5S. The number of hydrogen-bond acceptors (Lipinski definition) is 6. The predicted octanol–water partition coefficient (Wildman–Crippen LogP) is 7.70. The summed E-state index contributed by atoms with van der Waals surface area (Å²) in [6, 6.07) is 16.7. The van der Waals surface area contributed by atoms with E-state index in [4.69, 9.17) is 37.4 Å². The molecule has 1 aliphatic rings. The minimum Gasteiger partial charge on any atom is -0.491 e. The van der Waals surface area contributed by atoms with Crippen molar-refractivity contribution in [2.75, 3.05) is 19.8 Å². The summed E-state index contributed by atoms with van der Waals surface area (Å²) in [5.41, 5.74) is 3.61. The van der Waals surface area contributed by atoms with E-state index in [-0.39, 0.29) is 30.9 Å². The number of rotatable bonds is 10. The molecule has 0 unspecified atom stereocenters. The zero-order valence-electron chi connectivity index (χ0n) is 21.3. The number of carbonyl (C=O) groups is 2. The van der Waals surface area contributed by atoms with E-state index < -0.39 is 0 Å². The highest BCUT2D eigenvalue weighted by atomic mass is 35.5. The van der Waals surface area contributed by atoms with E-state index in [2.05, 4.69) is 0 Å². The van der Waals surface area contributed by atoms with Gasteiger partial charge in [-0.1, -0.05) is 47.5 Å². The zero-order chi connectivity index (χ0) is 27.2. The van der Waals surface area contributed by atoms with E-state index in [0.29, 0.717) is 38.6 Å². The molecule has 3 aromatic rings. The molecule has 1 fully saturated rings. The molecule has 1 saturated heterocycles. The van der Waals surface area contributed by atoms with Crippen LogP contribution in [0, 0.1) is 13.8 Å². The van der Waals surface area contributed by atoms with Gasteiger partial charge in [0, 0.05) is 5.02 Å². The summed E-state index contributed by atoms with van der Waals surface area (Å²) < 4.78 is 17.6. The summed E-state index contributed by atoms with van der Waals surface area (Å²) >= 11 is 13.4. The van der Waals surface area contributed by atoms with Crippen LogP contribution in [0.5, 0.6) is 17.2 Å². The fourth-order valence-electron chi connectivity index (χ4n) is 3.76. The highest BCUT2D eigenvalue weighted by Gasteiger charge is 2.35. The molecule has 0 bridgehead atoms. The van der Waals surface area contributed by atoms with E-state index in [1.54, 1.807) is 30.3 Å². The first-order valence-electron chi connectivity index (χ1n) is 12.0. The molecule has 0 aliphatic carbocycles. The number of aryl methyl sites for hydroxylation is 2. The van der Waals surface area contributed by atoms with Gasteiger partial charge >= 0.3 is 0 Å². The Labute approximate surface area is 236 Å². The quantitative estimate of drug-likeness (QED) is 0.232. The maximum Gasteiger partial charge on any atom is 0.293 e. The van der Waals surface area contributed by atoms with Crippen LogP contribution in [0.2, 0.25) is 10.0 Å². The highest BCUT2D eigenvalue weighted by molar-refractivity contribution is 8.18. The molecule has 6 nitrogen and oxygen atoms in total. The summed E-state index contributed by atoms with van der Waals surface area (Å²) in [5, 5.41) is 0.631. The molecular weight excluding hydrogens is 545 g/mol. The lowest BCUT2D eigenvalue weighted by Gasteiger charge is -2.15. The average Bonchev–Trinajstić information content (AvgIpc) is 3.14. The van der Waals surface area contributed by atoms with Gasteiger partial charge in [-0.2, -0.15) is 0 Å². The number of ether oxygens (including phenoxy) is 3.